The molecule has 2 atom stereocenters. The molecule has 1 saturated heterocycles. The van der Waals surface area contributed by atoms with Gasteiger partial charge in [-0.3, -0.25) is 19.2 Å². The Bertz CT molecular complexity index is 2360. The van der Waals surface area contributed by atoms with E-state index in [1.54, 1.807) is 0 Å². The molecule has 0 aromatic heterocycles. The number of carbonyl (C=O) groups excluding carboxylic acids is 4. The fraction of sp³-hybridized carbons (Fsp3) is 0.381. The van der Waals surface area contributed by atoms with Crippen molar-refractivity contribution in [3.63, 3.8) is 0 Å². The molecule has 1 aliphatic heterocycles. The number of likely N-dealkylation sites (tertiary alicyclic amines) is 1. The van der Waals surface area contributed by atoms with E-state index in [-0.39, 0.29) is 60.7 Å². The van der Waals surface area contributed by atoms with E-state index in [4.69, 9.17) is 14.2 Å². The van der Waals surface area contributed by atoms with E-state index in [9.17, 15) is 40.8 Å². The Morgan fingerprint density at radius 3 is 2.31 bits per heavy atom. The number of carbonyl (C=O) groups is 4. The van der Waals surface area contributed by atoms with Gasteiger partial charge in [0.15, 0.2) is 11.6 Å². The van der Waals surface area contributed by atoms with Gasteiger partial charge in [0.05, 0.1) is 35.0 Å². The van der Waals surface area contributed by atoms with Crippen molar-refractivity contribution < 1.29 is 59.4 Å². The third kappa shape index (κ3) is 9.45. The molecule has 12 nitrogen and oxygen atoms in total. The van der Waals surface area contributed by atoms with Gasteiger partial charge in [0, 0.05) is 37.8 Å². The Morgan fingerprint density at radius 1 is 0.915 bits per heavy atom. The standard InChI is InChI=1S/C42H43F4N3O9S/c1-25(50)49-19-16-35(33(23-49)39(52)47-28-11-7-12-30(20-28)59(54,55)42(44,45)46)48-38(51)32-21-37(34(43)22-36(32)56-3)58-29-14-17-41(2,18-15-29)40(53)57-24-27-10-6-9-26-8-4-5-13-31(26)27/h4-13,20-22,29,33,35H,14-19,23-24H2,1-3H3,(H,47,52)(H,48,51)/t29?,33-,35+,41?/m0/s1. The lowest BCUT2D eigenvalue weighted by molar-refractivity contribution is -0.159. The Kier molecular flexibility index (Phi) is 12.5. The van der Waals surface area contributed by atoms with E-state index in [1.165, 1.54) is 31.1 Å². The number of nitrogens with one attached hydrogen (secondary N) is 2. The molecule has 0 unspecified atom stereocenters. The number of benzene rings is 4. The molecule has 3 amide bonds. The first kappa shape index (κ1) is 42.9. The second-order valence-electron chi connectivity index (χ2n) is 15.0. The molecule has 0 radical (unpaired) electrons. The average Bonchev–Trinajstić information content (AvgIpc) is 3.20. The molecule has 1 aliphatic carbocycles. The van der Waals surface area contributed by atoms with Gasteiger partial charge in [-0.05, 0) is 79.6 Å². The summed E-state index contributed by atoms with van der Waals surface area (Å²) in [5, 5.41) is 7.20. The van der Waals surface area contributed by atoms with Crippen LogP contribution in [-0.4, -0.2) is 74.9 Å². The summed E-state index contributed by atoms with van der Waals surface area (Å²) in [6.07, 6.45) is 1.18. The zero-order valence-electron chi connectivity index (χ0n) is 32.4. The van der Waals surface area contributed by atoms with Crippen LogP contribution in [0.5, 0.6) is 11.5 Å². The lowest BCUT2D eigenvalue weighted by atomic mass is 9.74. The predicted molar refractivity (Wildman–Crippen MR) is 208 cm³/mol. The lowest BCUT2D eigenvalue weighted by Crippen LogP contribution is -2.55. The minimum Gasteiger partial charge on any atom is -0.496 e. The molecule has 6 rings (SSSR count). The van der Waals surface area contributed by atoms with Crippen molar-refractivity contribution in [2.24, 2.45) is 11.3 Å². The zero-order chi connectivity index (χ0) is 42.7. The van der Waals surface area contributed by atoms with Gasteiger partial charge in [-0.15, -0.1) is 0 Å². The third-order valence-corrected chi connectivity index (χ3v) is 12.5. The fourth-order valence-corrected chi connectivity index (χ4v) is 8.28. The Balaban J connectivity index is 1.12. The van der Waals surface area contributed by atoms with Crippen molar-refractivity contribution in [3.05, 3.63) is 95.8 Å². The van der Waals surface area contributed by atoms with Crippen LogP contribution in [0.1, 0.15) is 61.9 Å². The first-order valence-corrected chi connectivity index (χ1v) is 20.4. The normalized spacial score (nSPS) is 21.0. The van der Waals surface area contributed by atoms with Crippen LogP contribution in [0.3, 0.4) is 0 Å². The van der Waals surface area contributed by atoms with Gasteiger partial charge in [-0.25, -0.2) is 12.8 Å². The quantitative estimate of drug-likeness (QED) is 0.120. The number of ether oxygens (including phenoxy) is 3. The van der Waals surface area contributed by atoms with Gasteiger partial charge in [0.25, 0.3) is 15.7 Å². The van der Waals surface area contributed by atoms with Crippen molar-refractivity contribution >= 4 is 50.0 Å². The summed E-state index contributed by atoms with van der Waals surface area (Å²) >= 11 is 0. The highest BCUT2D eigenvalue weighted by molar-refractivity contribution is 7.92. The molecule has 1 heterocycles. The van der Waals surface area contributed by atoms with Gasteiger partial charge in [-0.1, -0.05) is 48.5 Å². The topological polar surface area (TPSA) is 157 Å². The summed E-state index contributed by atoms with van der Waals surface area (Å²) in [6.45, 7) is 3.20. The van der Waals surface area contributed by atoms with Crippen LogP contribution in [0.25, 0.3) is 10.8 Å². The fourth-order valence-electron chi connectivity index (χ4n) is 7.47. The number of rotatable bonds is 11. The Morgan fingerprint density at radius 2 is 1.61 bits per heavy atom. The van der Waals surface area contributed by atoms with E-state index in [2.05, 4.69) is 10.6 Å². The Hall–Kier alpha value is -5.71. The van der Waals surface area contributed by atoms with Crippen molar-refractivity contribution in [1.82, 2.24) is 10.2 Å². The van der Waals surface area contributed by atoms with Crippen molar-refractivity contribution in [1.29, 1.82) is 0 Å². The van der Waals surface area contributed by atoms with Gasteiger partial charge in [0.1, 0.15) is 12.4 Å². The van der Waals surface area contributed by atoms with Crippen LogP contribution in [0, 0.1) is 17.2 Å². The monoisotopic (exact) mass is 841 g/mol. The molecular formula is C42H43F4N3O9S. The number of piperidine rings is 1. The maximum atomic E-state index is 15.4. The highest BCUT2D eigenvalue weighted by atomic mass is 32.2. The van der Waals surface area contributed by atoms with E-state index < -0.39 is 61.4 Å². The van der Waals surface area contributed by atoms with E-state index in [1.807, 2.05) is 49.4 Å². The van der Waals surface area contributed by atoms with Crippen molar-refractivity contribution in [2.45, 2.75) is 75.1 Å². The number of esters is 1. The maximum Gasteiger partial charge on any atom is 0.501 e. The van der Waals surface area contributed by atoms with Gasteiger partial charge < -0.3 is 29.7 Å². The minimum absolute atomic E-state index is 0.0873. The van der Waals surface area contributed by atoms with Crippen LogP contribution < -0.4 is 20.1 Å². The smallest absolute Gasteiger partial charge is 0.496 e. The molecule has 0 spiro atoms. The highest BCUT2D eigenvalue weighted by Gasteiger charge is 2.47. The van der Waals surface area contributed by atoms with Gasteiger partial charge >= 0.3 is 11.5 Å². The third-order valence-electron chi connectivity index (χ3n) is 11.0. The summed E-state index contributed by atoms with van der Waals surface area (Å²) in [7, 11) is -4.48. The SMILES string of the molecule is COc1cc(F)c(OC2CCC(C)(C(=O)OCc3cccc4ccccc34)CC2)cc1C(=O)N[C@@H]1CCN(C(C)=O)C[C@@H]1C(=O)Nc1cccc(S(=O)(=O)C(F)(F)F)c1. The molecule has 2 fully saturated rings. The molecule has 0 bridgehead atoms. The first-order chi connectivity index (χ1) is 27.9. The number of amides is 3. The van der Waals surface area contributed by atoms with Gasteiger partial charge in [0.2, 0.25) is 11.8 Å². The van der Waals surface area contributed by atoms with Crippen molar-refractivity contribution in [2.75, 3.05) is 25.5 Å². The molecule has 17 heteroatoms. The summed E-state index contributed by atoms with van der Waals surface area (Å²) in [5.74, 6) is -4.61. The van der Waals surface area contributed by atoms with Crippen molar-refractivity contribution in [3.8, 4) is 11.5 Å². The van der Waals surface area contributed by atoms with E-state index >= 15 is 4.39 Å². The number of halogens is 4. The largest absolute Gasteiger partial charge is 0.501 e. The van der Waals surface area contributed by atoms with Crippen LogP contribution in [0.4, 0.5) is 23.2 Å². The predicted octanol–water partition coefficient (Wildman–Crippen LogP) is 6.96. The molecule has 59 heavy (non-hydrogen) atoms. The second-order valence-corrected chi connectivity index (χ2v) is 16.9. The average molecular weight is 842 g/mol. The molecule has 4 aromatic rings. The lowest BCUT2D eigenvalue weighted by Gasteiger charge is -2.37. The van der Waals surface area contributed by atoms with Gasteiger partial charge in [-0.2, -0.15) is 13.2 Å². The molecular weight excluding hydrogens is 799 g/mol. The molecule has 1 saturated carbocycles. The number of methoxy groups -OCH3 is 1. The van der Waals surface area contributed by atoms with Crippen LogP contribution in [0.2, 0.25) is 0 Å². The number of anilines is 1. The number of nitrogens with zero attached hydrogens (tertiary/aromatic N) is 1. The number of hydrogen-bond donors (Lipinski definition) is 2. The molecule has 314 valence electrons. The zero-order valence-corrected chi connectivity index (χ0v) is 33.3. The Labute approximate surface area is 338 Å². The first-order valence-electron chi connectivity index (χ1n) is 18.9. The van der Waals surface area contributed by atoms with E-state index in [0.717, 1.165) is 34.5 Å². The summed E-state index contributed by atoms with van der Waals surface area (Å²) in [6, 6.07) is 18.5. The number of alkyl halides is 3. The highest BCUT2D eigenvalue weighted by Crippen LogP contribution is 2.40. The summed E-state index contributed by atoms with van der Waals surface area (Å²) < 4.78 is 96.1. The minimum atomic E-state index is -5.71. The van der Waals surface area contributed by atoms with E-state index in [0.29, 0.717) is 31.7 Å². The van der Waals surface area contributed by atoms with Crippen LogP contribution in [0.15, 0.2) is 83.8 Å². The van der Waals surface area contributed by atoms with Crippen LogP contribution >= 0.6 is 0 Å². The molecule has 2 aliphatic rings. The molecule has 4 aromatic carbocycles. The number of sulfone groups is 1. The number of fused-ring (bicyclic) bond motifs is 1. The second kappa shape index (κ2) is 17.3. The number of hydrogen-bond acceptors (Lipinski definition) is 9. The summed E-state index contributed by atoms with van der Waals surface area (Å²) in [5.41, 5.74) is -5.86. The molecule has 2 N–H and O–H groups in total. The maximum absolute atomic E-state index is 15.4. The van der Waals surface area contributed by atoms with Crippen LogP contribution in [-0.2, 0) is 35.6 Å². The summed E-state index contributed by atoms with van der Waals surface area (Å²) in [4.78, 5) is 53.3.